The molecule has 0 aliphatic carbocycles. The van der Waals surface area contributed by atoms with Crippen molar-refractivity contribution in [3.63, 3.8) is 0 Å². The highest BCUT2D eigenvalue weighted by molar-refractivity contribution is 7.79. The van der Waals surface area contributed by atoms with Gasteiger partial charge in [0.25, 0.3) is 0 Å². The Balaban J connectivity index is 2.26. The smallest absolute Gasteiger partial charge is 0.132 e. The molecule has 1 aliphatic heterocycles. The third kappa shape index (κ3) is 1.53. The number of nitrogens with one attached hydrogen (secondary N) is 1. The van der Waals surface area contributed by atoms with Crippen molar-refractivity contribution in [3.8, 4) is 0 Å². The van der Waals surface area contributed by atoms with Crippen molar-refractivity contribution in [1.29, 1.82) is 0 Å². The molecule has 1 unspecified atom stereocenters. The lowest BCUT2D eigenvalue weighted by molar-refractivity contribution is 0.807. The Morgan fingerprint density at radius 1 is 1.46 bits per heavy atom. The molecule has 1 aromatic rings. The summed E-state index contributed by atoms with van der Waals surface area (Å²) in [5, 5.41) is 4.81. The molecule has 2 rings (SSSR count). The van der Waals surface area contributed by atoms with Crippen molar-refractivity contribution in [2.24, 2.45) is 0 Å². The van der Waals surface area contributed by atoms with Crippen LogP contribution >= 0.6 is 12.2 Å². The molecule has 0 bridgehead atoms. The van der Waals surface area contributed by atoms with E-state index in [0.717, 1.165) is 5.69 Å². The summed E-state index contributed by atoms with van der Waals surface area (Å²) in [6.45, 7) is 0. The van der Waals surface area contributed by atoms with Crippen molar-refractivity contribution in [2.75, 3.05) is 4.90 Å². The molecule has 1 N–H and O–H groups in total. The number of nitrogens with zero attached hydrogens (tertiary/aromatic N) is 2. The van der Waals surface area contributed by atoms with Crippen LogP contribution in [0.15, 0.2) is 36.9 Å². The van der Waals surface area contributed by atoms with Crippen LogP contribution in [0.25, 0.3) is 0 Å². The highest BCUT2D eigenvalue weighted by Gasteiger charge is 2.16. The van der Waals surface area contributed by atoms with Gasteiger partial charge in [-0.2, -0.15) is 0 Å². The summed E-state index contributed by atoms with van der Waals surface area (Å²) in [6, 6.07) is 3.90. The van der Waals surface area contributed by atoms with Crippen LogP contribution in [0, 0.1) is 0 Å². The highest BCUT2D eigenvalue weighted by Crippen LogP contribution is 2.16. The first kappa shape index (κ1) is 8.19. The van der Waals surface area contributed by atoms with Crippen LogP contribution in [0.1, 0.15) is 0 Å². The summed E-state index contributed by atoms with van der Waals surface area (Å²) >= 11 is 4.90. The molecule has 0 fully saturated rings. The molecule has 0 spiro atoms. The molecule has 1 aliphatic rings. The van der Waals surface area contributed by atoms with E-state index >= 15 is 0 Å². The average molecular weight is 191 g/mol. The highest BCUT2D eigenvalue weighted by atomic mass is 32.1. The van der Waals surface area contributed by atoms with Crippen LogP contribution in [0.4, 0.5) is 5.69 Å². The summed E-state index contributed by atoms with van der Waals surface area (Å²) in [4.78, 5) is 6.01. The van der Waals surface area contributed by atoms with Gasteiger partial charge in [-0.3, -0.25) is 4.98 Å². The average Bonchev–Trinajstić information content (AvgIpc) is 2.67. The summed E-state index contributed by atoms with van der Waals surface area (Å²) in [5.41, 5.74) is 1.09. The van der Waals surface area contributed by atoms with Gasteiger partial charge < -0.3 is 10.2 Å². The minimum atomic E-state index is 0.0809. The van der Waals surface area contributed by atoms with Gasteiger partial charge in [-0.25, -0.2) is 0 Å². The van der Waals surface area contributed by atoms with Gasteiger partial charge in [0.1, 0.15) is 6.17 Å². The fourth-order valence-corrected chi connectivity index (χ4v) is 1.47. The van der Waals surface area contributed by atoms with E-state index in [1.54, 1.807) is 17.8 Å². The lowest BCUT2D eigenvalue weighted by Crippen LogP contribution is -2.35. The number of aromatic nitrogens is 1. The van der Waals surface area contributed by atoms with Crippen molar-refractivity contribution in [1.82, 2.24) is 10.3 Å². The van der Waals surface area contributed by atoms with Crippen LogP contribution in [0.5, 0.6) is 0 Å². The Labute approximate surface area is 82.1 Å². The molecule has 1 atom stereocenters. The first-order valence-electron chi connectivity index (χ1n) is 3.98. The van der Waals surface area contributed by atoms with E-state index in [0.29, 0.717) is 0 Å². The zero-order valence-corrected chi connectivity index (χ0v) is 7.74. The lowest BCUT2D eigenvalue weighted by atomic mass is 10.3. The van der Waals surface area contributed by atoms with Gasteiger partial charge in [-0.05, 0) is 12.1 Å². The molecular weight excluding hydrogens is 182 g/mol. The van der Waals surface area contributed by atoms with Gasteiger partial charge in [0.05, 0.1) is 0 Å². The van der Waals surface area contributed by atoms with Gasteiger partial charge in [-0.1, -0.05) is 12.2 Å². The first-order valence-corrected chi connectivity index (χ1v) is 4.45. The third-order valence-corrected chi connectivity index (χ3v) is 2.15. The van der Waals surface area contributed by atoms with Crippen LogP contribution < -0.4 is 10.2 Å². The van der Waals surface area contributed by atoms with Crippen molar-refractivity contribution in [2.45, 2.75) is 6.17 Å². The fraction of sp³-hybridized carbons (Fsp3) is 0.111. The number of hydrogen-bond acceptors (Lipinski definition) is 4. The molecule has 1 aromatic heterocycles. The van der Waals surface area contributed by atoms with Gasteiger partial charge in [0.2, 0.25) is 0 Å². The largest absolute Gasteiger partial charge is 0.366 e. The molecule has 4 heteroatoms. The lowest BCUT2D eigenvalue weighted by Gasteiger charge is -2.21. The number of pyridine rings is 1. The molecule has 0 amide bonds. The molecule has 3 nitrogen and oxygen atoms in total. The van der Waals surface area contributed by atoms with E-state index in [1.807, 2.05) is 24.5 Å². The maximum Gasteiger partial charge on any atom is 0.132 e. The third-order valence-electron chi connectivity index (χ3n) is 1.89. The molecule has 0 radical (unpaired) electrons. The number of rotatable bonds is 2. The number of hydrogen-bond donors (Lipinski definition) is 1. The van der Waals surface area contributed by atoms with Gasteiger partial charge >= 0.3 is 0 Å². The molecule has 0 saturated heterocycles. The maximum absolute atomic E-state index is 4.90. The van der Waals surface area contributed by atoms with Crippen LogP contribution in [0.2, 0.25) is 0 Å². The second-order valence-electron chi connectivity index (χ2n) is 2.68. The topological polar surface area (TPSA) is 28.2 Å². The van der Waals surface area contributed by atoms with E-state index in [1.165, 1.54) is 0 Å². The minimum Gasteiger partial charge on any atom is -0.366 e. The summed E-state index contributed by atoms with van der Waals surface area (Å²) in [5.74, 6) is 0. The van der Waals surface area contributed by atoms with E-state index in [2.05, 4.69) is 15.2 Å². The maximum atomic E-state index is 4.90. The summed E-state index contributed by atoms with van der Waals surface area (Å²) in [7, 11) is 0. The molecule has 13 heavy (non-hydrogen) atoms. The Hall–Kier alpha value is -1.42. The Morgan fingerprint density at radius 2 is 2.23 bits per heavy atom. The van der Waals surface area contributed by atoms with E-state index < -0.39 is 0 Å². The minimum absolute atomic E-state index is 0.0809. The van der Waals surface area contributed by atoms with Crippen molar-refractivity contribution < 1.29 is 0 Å². The number of anilines is 1. The van der Waals surface area contributed by atoms with Crippen LogP contribution in [-0.2, 0) is 0 Å². The Morgan fingerprint density at radius 3 is 2.92 bits per heavy atom. The van der Waals surface area contributed by atoms with Crippen LogP contribution in [-0.4, -0.2) is 16.5 Å². The second-order valence-corrected chi connectivity index (χ2v) is 2.95. The second kappa shape index (κ2) is 3.53. The molecule has 2 heterocycles. The zero-order chi connectivity index (χ0) is 9.10. The quantitative estimate of drug-likeness (QED) is 0.713. The first-order chi connectivity index (χ1) is 6.42. The summed E-state index contributed by atoms with van der Waals surface area (Å²) in [6.07, 6.45) is 7.46. The Kier molecular flexibility index (Phi) is 2.23. The van der Waals surface area contributed by atoms with E-state index in [9.17, 15) is 0 Å². The van der Waals surface area contributed by atoms with E-state index in [-0.39, 0.29) is 6.17 Å². The number of thiocarbonyl (C=S) groups is 1. The molecule has 0 aromatic carbocycles. The molecular formula is C9H9N3S. The van der Waals surface area contributed by atoms with Crippen molar-refractivity contribution >= 4 is 23.3 Å². The predicted molar refractivity (Wildman–Crippen MR) is 56.4 cm³/mol. The van der Waals surface area contributed by atoms with Gasteiger partial charge in [0, 0.05) is 35.8 Å². The predicted octanol–water partition coefficient (Wildman–Crippen LogP) is 1.29. The standard InChI is InChI=1S/C9H9N3S/c13-7-9-11-5-6-12(9)8-1-3-10-4-2-8/h1-7,9,11H. The van der Waals surface area contributed by atoms with Crippen LogP contribution in [0.3, 0.4) is 0 Å². The van der Waals surface area contributed by atoms with E-state index in [4.69, 9.17) is 12.2 Å². The van der Waals surface area contributed by atoms with Gasteiger partial charge in [-0.15, -0.1) is 0 Å². The van der Waals surface area contributed by atoms with Gasteiger partial charge in [0.15, 0.2) is 0 Å². The normalized spacial score (nSPS) is 20.0. The summed E-state index contributed by atoms with van der Waals surface area (Å²) < 4.78 is 0. The Bertz CT molecular complexity index is 323. The van der Waals surface area contributed by atoms with Crippen molar-refractivity contribution in [3.05, 3.63) is 36.9 Å². The zero-order valence-electron chi connectivity index (χ0n) is 6.92. The molecule has 0 saturated carbocycles. The fourth-order valence-electron chi connectivity index (χ4n) is 1.26. The SMILES string of the molecule is S=CC1NC=CN1c1ccncc1. The monoisotopic (exact) mass is 191 g/mol. The molecule has 66 valence electrons.